The van der Waals surface area contributed by atoms with Crippen molar-refractivity contribution in [1.29, 1.82) is 0 Å². The van der Waals surface area contributed by atoms with Crippen LogP contribution in [0.2, 0.25) is 5.28 Å². The fourth-order valence-electron chi connectivity index (χ4n) is 1.33. The molecule has 1 aromatic heterocycles. The number of nitrogen functional groups attached to an aromatic ring is 1. The molecule has 0 amide bonds. The van der Waals surface area contributed by atoms with Gasteiger partial charge >= 0.3 is 0 Å². The van der Waals surface area contributed by atoms with Gasteiger partial charge < -0.3 is 11.1 Å². The number of halogens is 2. The van der Waals surface area contributed by atoms with E-state index in [1.807, 2.05) is 24.3 Å². The van der Waals surface area contributed by atoms with Crippen molar-refractivity contribution in [2.24, 2.45) is 0 Å². The second-order valence-electron chi connectivity index (χ2n) is 3.45. The van der Waals surface area contributed by atoms with Crippen LogP contribution in [0, 0.1) is 10.5 Å². The third-order valence-electron chi connectivity index (χ3n) is 2.24. The van der Waals surface area contributed by atoms with Gasteiger partial charge in [-0.3, -0.25) is 0 Å². The monoisotopic (exact) mass is 360 g/mol. The molecule has 0 unspecified atom stereocenters. The zero-order chi connectivity index (χ0) is 12.4. The predicted molar refractivity (Wildman–Crippen MR) is 78.6 cm³/mol. The molecule has 3 N–H and O–H groups in total. The zero-order valence-electron chi connectivity index (χ0n) is 9.04. The first kappa shape index (κ1) is 12.4. The van der Waals surface area contributed by atoms with E-state index < -0.39 is 0 Å². The summed E-state index contributed by atoms with van der Waals surface area (Å²) >= 11 is 8.04. The van der Waals surface area contributed by atoms with Gasteiger partial charge in [-0.25, -0.2) is 4.98 Å². The molecule has 4 nitrogen and oxygen atoms in total. The van der Waals surface area contributed by atoms with Crippen molar-refractivity contribution in [3.8, 4) is 0 Å². The van der Waals surface area contributed by atoms with E-state index >= 15 is 0 Å². The maximum absolute atomic E-state index is 5.90. The molecule has 0 atom stereocenters. The number of hydrogen-bond donors (Lipinski definition) is 2. The number of anilines is 3. The zero-order valence-corrected chi connectivity index (χ0v) is 12.0. The fourth-order valence-corrected chi connectivity index (χ4v) is 2.07. The van der Waals surface area contributed by atoms with Gasteiger partial charge in [0.05, 0.1) is 17.1 Å². The van der Waals surface area contributed by atoms with Gasteiger partial charge in [0.25, 0.3) is 0 Å². The molecule has 1 aromatic carbocycles. The van der Waals surface area contributed by atoms with Crippen molar-refractivity contribution < 1.29 is 0 Å². The minimum Gasteiger partial charge on any atom is -0.394 e. The Hall–Kier alpha value is -1.08. The number of benzene rings is 1. The summed E-state index contributed by atoms with van der Waals surface area (Å²) in [5, 5.41) is 3.34. The minimum atomic E-state index is 0.185. The summed E-state index contributed by atoms with van der Waals surface area (Å²) in [6.07, 6.45) is 0. The second kappa shape index (κ2) is 5.05. The van der Waals surface area contributed by atoms with E-state index in [9.17, 15) is 0 Å². The molecule has 0 aliphatic heterocycles. The normalized spacial score (nSPS) is 10.3. The second-order valence-corrected chi connectivity index (χ2v) is 4.95. The Morgan fingerprint density at radius 2 is 2.00 bits per heavy atom. The van der Waals surface area contributed by atoms with E-state index in [1.54, 1.807) is 6.92 Å². The molecular formula is C11H10ClIN4. The van der Waals surface area contributed by atoms with Crippen LogP contribution in [0.25, 0.3) is 0 Å². The summed E-state index contributed by atoms with van der Waals surface area (Å²) in [5.74, 6) is 0.534. The number of nitrogens with zero attached hydrogens (tertiary/aromatic N) is 2. The quantitative estimate of drug-likeness (QED) is 0.637. The number of rotatable bonds is 2. The Morgan fingerprint density at radius 3 is 2.71 bits per heavy atom. The Kier molecular flexibility index (Phi) is 3.68. The Balaban J connectivity index is 2.40. The molecule has 0 radical (unpaired) electrons. The van der Waals surface area contributed by atoms with Gasteiger partial charge in [-0.2, -0.15) is 4.98 Å². The molecule has 0 spiro atoms. The average Bonchev–Trinajstić information content (AvgIpc) is 2.28. The molecule has 0 saturated heterocycles. The molecular weight excluding hydrogens is 351 g/mol. The summed E-state index contributed by atoms with van der Waals surface area (Å²) in [6.45, 7) is 1.80. The highest BCUT2D eigenvalue weighted by Gasteiger charge is 2.09. The Bertz CT molecular complexity index is 559. The molecule has 1 heterocycles. The van der Waals surface area contributed by atoms with Gasteiger partial charge in [0.1, 0.15) is 0 Å². The third-order valence-corrected chi connectivity index (χ3v) is 3.35. The highest BCUT2D eigenvalue weighted by molar-refractivity contribution is 14.1. The van der Waals surface area contributed by atoms with Gasteiger partial charge in [0.15, 0.2) is 5.82 Å². The van der Waals surface area contributed by atoms with Crippen LogP contribution < -0.4 is 11.1 Å². The van der Waals surface area contributed by atoms with E-state index in [1.165, 1.54) is 0 Å². The number of para-hydroxylation sites is 1. The van der Waals surface area contributed by atoms with Gasteiger partial charge in [-0.05, 0) is 53.2 Å². The number of hydrogen-bond acceptors (Lipinski definition) is 4. The van der Waals surface area contributed by atoms with E-state index in [-0.39, 0.29) is 5.28 Å². The molecule has 6 heteroatoms. The average molecular weight is 361 g/mol. The summed E-state index contributed by atoms with van der Waals surface area (Å²) in [7, 11) is 0. The highest BCUT2D eigenvalue weighted by Crippen LogP contribution is 2.26. The van der Waals surface area contributed by atoms with Crippen LogP contribution >= 0.6 is 34.2 Å². The number of aromatic nitrogens is 2. The van der Waals surface area contributed by atoms with Crippen LogP contribution in [0.5, 0.6) is 0 Å². The molecule has 2 rings (SSSR count). The molecule has 2 aromatic rings. The lowest BCUT2D eigenvalue weighted by atomic mass is 10.3. The van der Waals surface area contributed by atoms with Gasteiger partial charge in [0.2, 0.25) is 5.28 Å². The topological polar surface area (TPSA) is 63.8 Å². The molecule has 0 aliphatic carbocycles. The molecule has 0 aliphatic rings. The molecule has 0 bridgehead atoms. The van der Waals surface area contributed by atoms with Crippen LogP contribution in [0.15, 0.2) is 24.3 Å². The lowest BCUT2D eigenvalue weighted by Crippen LogP contribution is -2.04. The van der Waals surface area contributed by atoms with Crippen molar-refractivity contribution >= 4 is 51.4 Å². The van der Waals surface area contributed by atoms with E-state index in [0.29, 0.717) is 17.2 Å². The lowest BCUT2D eigenvalue weighted by molar-refractivity contribution is 1.11. The van der Waals surface area contributed by atoms with Crippen LogP contribution in [-0.4, -0.2) is 9.97 Å². The van der Waals surface area contributed by atoms with E-state index in [2.05, 4.69) is 37.9 Å². The first-order valence-electron chi connectivity index (χ1n) is 4.89. The standard InChI is InChI=1S/C11H10ClIN4/c1-6-9(14)10(17-11(12)15-6)16-8-5-3-2-4-7(8)13/h2-5H,14H2,1H3,(H,15,16,17). The molecule has 17 heavy (non-hydrogen) atoms. The largest absolute Gasteiger partial charge is 0.394 e. The third kappa shape index (κ3) is 2.78. The Morgan fingerprint density at radius 1 is 1.29 bits per heavy atom. The first-order valence-corrected chi connectivity index (χ1v) is 6.35. The van der Waals surface area contributed by atoms with E-state index in [4.69, 9.17) is 17.3 Å². The predicted octanol–water partition coefficient (Wildman–Crippen LogP) is 3.37. The number of nitrogens with two attached hydrogens (primary N) is 1. The van der Waals surface area contributed by atoms with Gasteiger partial charge in [-0.1, -0.05) is 12.1 Å². The summed E-state index contributed by atoms with van der Waals surface area (Å²) < 4.78 is 1.08. The SMILES string of the molecule is Cc1nc(Cl)nc(Nc2ccccc2I)c1N. The van der Waals surface area contributed by atoms with E-state index in [0.717, 1.165) is 9.26 Å². The maximum Gasteiger partial charge on any atom is 0.224 e. The fraction of sp³-hybridized carbons (Fsp3) is 0.0909. The minimum absolute atomic E-state index is 0.185. The lowest BCUT2D eigenvalue weighted by Gasteiger charge is -2.11. The highest BCUT2D eigenvalue weighted by atomic mass is 127. The van der Waals surface area contributed by atoms with Crippen molar-refractivity contribution in [1.82, 2.24) is 9.97 Å². The maximum atomic E-state index is 5.90. The summed E-state index contributed by atoms with van der Waals surface area (Å²) in [6, 6.07) is 7.85. The van der Waals surface area contributed by atoms with Gasteiger partial charge in [-0.15, -0.1) is 0 Å². The number of nitrogens with one attached hydrogen (secondary N) is 1. The van der Waals surface area contributed by atoms with Crippen molar-refractivity contribution in [3.63, 3.8) is 0 Å². The van der Waals surface area contributed by atoms with Crippen molar-refractivity contribution in [2.75, 3.05) is 11.1 Å². The molecule has 88 valence electrons. The molecule has 0 fully saturated rings. The van der Waals surface area contributed by atoms with Crippen LogP contribution in [0.4, 0.5) is 17.2 Å². The smallest absolute Gasteiger partial charge is 0.224 e. The summed E-state index contributed by atoms with van der Waals surface area (Å²) in [4.78, 5) is 8.07. The van der Waals surface area contributed by atoms with Crippen molar-refractivity contribution in [3.05, 3.63) is 38.8 Å². The first-order chi connectivity index (χ1) is 8.08. The van der Waals surface area contributed by atoms with Crippen LogP contribution in [0.1, 0.15) is 5.69 Å². The van der Waals surface area contributed by atoms with Gasteiger partial charge in [0, 0.05) is 3.57 Å². The summed E-state index contributed by atoms with van der Waals surface area (Å²) in [5.41, 5.74) is 8.01. The van der Waals surface area contributed by atoms with Crippen molar-refractivity contribution in [2.45, 2.75) is 6.92 Å². The number of aryl methyl sites for hydroxylation is 1. The van der Waals surface area contributed by atoms with Crippen LogP contribution in [-0.2, 0) is 0 Å². The molecule has 0 saturated carbocycles. The Labute approximate surface area is 118 Å². The van der Waals surface area contributed by atoms with Crippen LogP contribution in [0.3, 0.4) is 0 Å².